The second-order valence-corrected chi connectivity index (χ2v) is 3.48. The molecule has 0 spiro atoms. The second-order valence-electron chi connectivity index (χ2n) is 3.48. The first-order valence-corrected chi connectivity index (χ1v) is 5.02. The molecule has 0 saturated carbocycles. The zero-order valence-electron chi connectivity index (χ0n) is 9.09. The lowest BCUT2D eigenvalue weighted by Crippen LogP contribution is -2.41. The smallest absolute Gasteiger partial charge is 0.262 e. The molecule has 0 bridgehead atoms. The van der Waals surface area contributed by atoms with E-state index in [1.165, 1.54) is 0 Å². The van der Waals surface area contributed by atoms with Crippen LogP contribution < -0.4 is 10.6 Å². The van der Waals surface area contributed by atoms with Crippen LogP contribution in [0.5, 0.6) is 0 Å². The Morgan fingerprint density at radius 3 is 2.81 bits per heavy atom. The summed E-state index contributed by atoms with van der Waals surface area (Å²) < 4.78 is 30.5. The van der Waals surface area contributed by atoms with Gasteiger partial charge in [-0.1, -0.05) is 0 Å². The molecular formula is C9H17ClF2N2O2. The van der Waals surface area contributed by atoms with Crippen molar-refractivity contribution in [2.24, 2.45) is 0 Å². The molecule has 1 fully saturated rings. The highest BCUT2D eigenvalue weighted by Crippen LogP contribution is 2.24. The molecule has 1 unspecified atom stereocenters. The Morgan fingerprint density at radius 1 is 1.62 bits per heavy atom. The van der Waals surface area contributed by atoms with Crippen molar-refractivity contribution < 1.29 is 18.3 Å². The summed E-state index contributed by atoms with van der Waals surface area (Å²) in [4.78, 5) is 11.3. The second kappa shape index (κ2) is 6.98. The van der Waals surface area contributed by atoms with Crippen LogP contribution in [0.2, 0.25) is 0 Å². The van der Waals surface area contributed by atoms with Crippen molar-refractivity contribution >= 4 is 18.3 Å². The fraction of sp³-hybridized carbons (Fsp3) is 0.889. The van der Waals surface area contributed by atoms with E-state index in [4.69, 9.17) is 4.74 Å². The standard InChI is InChI=1S/C9H16F2N2O2.ClH/c1-2-15-4-3-12-8(14)7-5-9(10,11)6-13-7;/h7,13H,2-6H2,1H3,(H,12,14);1H. The monoisotopic (exact) mass is 258 g/mol. The number of carbonyl (C=O) groups is 1. The topological polar surface area (TPSA) is 50.4 Å². The number of rotatable bonds is 5. The summed E-state index contributed by atoms with van der Waals surface area (Å²) in [5.41, 5.74) is 0. The maximum atomic E-state index is 12.7. The van der Waals surface area contributed by atoms with Gasteiger partial charge in [-0.25, -0.2) is 8.78 Å². The number of nitrogens with one attached hydrogen (secondary N) is 2. The van der Waals surface area contributed by atoms with Gasteiger partial charge in [-0.2, -0.15) is 0 Å². The number of halogens is 3. The fourth-order valence-corrected chi connectivity index (χ4v) is 1.41. The first-order chi connectivity index (χ1) is 7.05. The summed E-state index contributed by atoms with van der Waals surface area (Å²) in [6.07, 6.45) is -0.423. The van der Waals surface area contributed by atoms with Crippen molar-refractivity contribution in [2.45, 2.75) is 25.3 Å². The highest BCUT2D eigenvalue weighted by Gasteiger charge is 2.42. The van der Waals surface area contributed by atoms with Crippen LogP contribution in [-0.2, 0) is 9.53 Å². The lowest BCUT2D eigenvalue weighted by Gasteiger charge is -2.10. The van der Waals surface area contributed by atoms with Gasteiger partial charge in [0.25, 0.3) is 5.92 Å². The number of hydrogen-bond acceptors (Lipinski definition) is 3. The minimum absolute atomic E-state index is 0. The van der Waals surface area contributed by atoms with E-state index in [0.29, 0.717) is 19.8 Å². The SMILES string of the molecule is CCOCCNC(=O)C1CC(F)(F)CN1.Cl. The number of carbonyl (C=O) groups excluding carboxylic acids is 1. The van der Waals surface area contributed by atoms with Gasteiger partial charge in [0.15, 0.2) is 0 Å². The van der Waals surface area contributed by atoms with Crippen LogP contribution in [0.15, 0.2) is 0 Å². The van der Waals surface area contributed by atoms with Gasteiger partial charge in [0.1, 0.15) is 0 Å². The molecule has 4 nitrogen and oxygen atoms in total. The van der Waals surface area contributed by atoms with Gasteiger partial charge in [0, 0.05) is 19.6 Å². The van der Waals surface area contributed by atoms with Crippen LogP contribution in [-0.4, -0.2) is 44.2 Å². The van der Waals surface area contributed by atoms with Crippen LogP contribution >= 0.6 is 12.4 Å². The zero-order chi connectivity index (χ0) is 11.3. The van der Waals surface area contributed by atoms with E-state index >= 15 is 0 Å². The predicted molar refractivity (Wildman–Crippen MR) is 58.1 cm³/mol. The lowest BCUT2D eigenvalue weighted by molar-refractivity contribution is -0.123. The molecule has 1 amide bonds. The van der Waals surface area contributed by atoms with Crippen LogP contribution in [0.3, 0.4) is 0 Å². The number of hydrogen-bond donors (Lipinski definition) is 2. The Balaban J connectivity index is 0.00000225. The molecule has 0 aromatic rings. The minimum Gasteiger partial charge on any atom is -0.380 e. The molecule has 1 aliphatic rings. The first kappa shape index (κ1) is 15.5. The van der Waals surface area contributed by atoms with E-state index < -0.39 is 24.9 Å². The Bertz CT molecular complexity index is 230. The van der Waals surface area contributed by atoms with Gasteiger partial charge in [-0.15, -0.1) is 12.4 Å². The highest BCUT2D eigenvalue weighted by molar-refractivity contribution is 5.85. The number of amides is 1. The molecule has 96 valence electrons. The third kappa shape index (κ3) is 5.05. The van der Waals surface area contributed by atoms with Gasteiger partial charge in [-0.05, 0) is 6.92 Å². The van der Waals surface area contributed by atoms with Crippen molar-refractivity contribution in [3.63, 3.8) is 0 Å². The molecule has 7 heteroatoms. The predicted octanol–water partition coefficient (Wildman–Crippen LogP) is 0.558. The number of ether oxygens (including phenoxy) is 1. The molecule has 1 aliphatic heterocycles. The quantitative estimate of drug-likeness (QED) is 0.709. The van der Waals surface area contributed by atoms with Crippen LogP contribution in [0.25, 0.3) is 0 Å². The summed E-state index contributed by atoms with van der Waals surface area (Å²) in [7, 11) is 0. The Hall–Kier alpha value is -0.460. The molecular weight excluding hydrogens is 242 g/mol. The lowest BCUT2D eigenvalue weighted by atomic mass is 10.2. The highest BCUT2D eigenvalue weighted by atomic mass is 35.5. The zero-order valence-corrected chi connectivity index (χ0v) is 9.91. The van der Waals surface area contributed by atoms with Crippen molar-refractivity contribution in [2.75, 3.05) is 26.3 Å². The molecule has 1 rings (SSSR count). The van der Waals surface area contributed by atoms with E-state index in [9.17, 15) is 13.6 Å². The van der Waals surface area contributed by atoms with Gasteiger partial charge in [0.2, 0.25) is 5.91 Å². The minimum atomic E-state index is -2.76. The normalized spacial score (nSPS) is 22.6. The molecule has 0 aromatic heterocycles. The van der Waals surface area contributed by atoms with E-state index in [1.807, 2.05) is 6.92 Å². The maximum Gasteiger partial charge on any atom is 0.262 e. The van der Waals surface area contributed by atoms with Crippen LogP contribution in [0.1, 0.15) is 13.3 Å². The van der Waals surface area contributed by atoms with Gasteiger partial charge >= 0.3 is 0 Å². The van der Waals surface area contributed by atoms with Crippen molar-refractivity contribution in [3.8, 4) is 0 Å². The van der Waals surface area contributed by atoms with Gasteiger partial charge in [0.05, 0.1) is 19.2 Å². The number of alkyl halides is 2. The average Bonchev–Trinajstić information content (AvgIpc) is 2.53. The molecule has 1 saturated heterocycles. The van der Waals surface area contributed by atoms with E-state index in [2.05, 4.69) is 10.6 Å². The summed E-state index contributed by atoms with van der Waals surface area (Å²) in [6, 6.07) is -0.776. The van der Waals surface area contributed by atoms with Crippen LogP contribution in [0, 0.1) is 0 Å². The average molecular weight is 259 g/mol. The third-order valence-electron chi connectivity index (χ3n) is 2.18. The molecule has 1 atom stereocenters. The van der Waals surface area contributed by atoms with E-state index in [-0.39, 0.29) is 18.3 Å². The Labute approximate surface area is 99.5 Å². The van der Waals surface area contributed by atoms with E-state index in [1.54, 1.807) is 0 Å². The van der Waals surface area contributed by atoms with Crippen molar-refractivity contribution in [1.29, 1.82) is 0 Å². The molecule has 2 N–H and O–H groups in total. The van der Waals surface area contributed by atoms with Crippen molar-refractivity contribution in [3.05, 3.63) is 0 Å². The van der Waals surface area contributed by atoms with Gasteiger partial charge < -0.3 is 10.1 Å². The largest absolute Gasteiger partial charge is 0.380 e. The summed E-state index contributed by atoms with van der Waals surface area (Å²) >= 11 is 0. The molecule has 0 aromatic carbocycles. The Kier molecular flexibility index (Phi) is 6.78. The third-order valence-corrected chi connectivity index (χ3v) is 2.18. The molecule has 16 heavy (non-hydrogen) atoms. The van der Waals surface area contributed by atoms with Crippen molar-refractivity contribution in [1.82, 2.24) is 10.6 Å². The maximum absolute atomic E-state index is 12.7. The van der Waals surface area contributed by atoms with E-state index in [0.717, 1.165) is 0 Å². The fourth-order valence-electron chi connectivity index (χ4n) is 1.41. The summed E-state index contributed by atoms with van der Waals surface area (Å²) in [6.45, 7) is 2.77. The van der Waals surface area contributed by atoms with Gasteiger partial charge in [-0.3, -0.25) is 10.1 Å². The molecule has 0 radical (unpaired) electrons. The van der Waals surface area contributed by atoms with Crippen LogP contribution in [0.4, 0.5) is 8.78 Å². The Morgan fingerprint density at radius 2 is 2.31 bits per heavy atom. The summed E-state index contributed by atoms with van der Waals surface area (Å²) in [5, 5.41) is 5.02. The molecule has 1 heterocycles. The first-order valence-electron chi connectivity index (χ1n) is 5.02. The molecule has 0 aliphatic carbocycles. The summed E-state index contributed by atoms with van der Waals surface area (Å²) in [5.74, 6) is -3.14.